The summed E-state index contributed by atoms with van der Waals surface area (Å²) in [7, 11) is 16.2. The molecule has 0 amide bonds. The van der Waals surface area contributed by atoms with Gasteiger partial charge in [-0.15, -0.1) is 0 Å². The zero-order valence-electron chi connectivity index (χ0n) is 69.4. The Hall–Kier alpha value is 2.42. The van der Waals surface area contributed by atoms with Crippen LogP contribution in [0.5, 0.6) is 0 Å². The van der Waals surface area contributed by atoms with Crippen LogP contribution in [0, 0.1) is 0 Å². The third-order valence-electron chi connectivity index (χ3n) is 15.7. The number of hydrogen-bond donors (Lipinski definition) is 2. The average molecular weight is 1710 g/mol. The van der Waals surface area contributed by atoms with Crippen molar-refractivity contribution in [2.24, 2.45) is 36.1 Å². The van der Waals surface area contributed by atoms with Gasteiger partial charge in [-0.1, -0.05) is 29.8 Å². The maximum atomic E-state index is 9.87. The van der Waals surface area contributed by atoms with Gasteiger partial charge in [0.2, 0.25) is 15.0 Å². The predicted molar refractivity (Wildman–Crippen MR) is 440 cm³/mol. The number of aliphatic hydroxyl groups is 1. The maximum Gasteiger partial charge on any atom is -1.00 e. The van der Waals surface area contributed by atoms with E-state index in [1.807, 2.05) is 0 Å². The summed E-state index contributed by atoms with van der Waals surface area (Å²) < 4.78 is 164. The van der Waals surface area contributed by atoms with Crippen molar-refractivity contribution in [1.82, 2.24) is 65.8 Å². The van der Waals surface area contributed by atoms with Crippen LogP contribution in [0.3, 0.4) is 0 Å². The molecule has 0 aliphatic rings. The second kappa shape index (κ2) is 42.9. The number of likely N-dealkylation sites (N-methyl/N-ethyl adjacent to an activating group) is 1. The molecule has 0 bridgehead atoms. The van der Waals surface area contributed by atoms with E-state index in [9.17, 15) is 25.2 Å². The van der Waals surface area contributed by atoms with Gasteiger partial charge in [-0.05, 0) is 261 Å². The van der Waals surface area contributed by atoms with Gasteiger partial charge in [0, 0.05) is 53.9 Å². The Balaban J connectivity index is -0.000000836. The number of halogens is 7. The molecular formula is C53H146ClF6N22O6P11Si. The Labute approximate surface area is 615 Å². The third kappa shape index (κ3) is 38.1. The summed E-state index contributed by atoms with van der Waals surface area (Å²) in [5, 5.41) is 13.0. The summed E-state index contributed by atoms with van der Waals surface area (Å²) >= 11 is 0. The van der Waals surface area contributed by atoms with Crippen molar-refractivity contribution in [1.29, 1.82) is 0 Å². The molecule has 0 aliphatic carbocycles. The molecule has 0 rings (SSSR count). The molecule has 100 heavy (non-hydrogen) atoms. The Morgan fingerprint density at radius 1 is 0.380 bits per heavy atom. The summed E-state index contributed by atoms with van der Waals surface area (Å²) in [6.45, 7) is 39.4. The summed E-state index contributed by atoms with van der Waals surface area (Å²) in [4.78, 5) is 0. The van der Waals surface area contributed by atoms with E-state index in [4.69, 9.17) is 64.6 Å². The molecule has 0 saturated carbocycles. The largest absolute Gasteiger partial charge is 1.00 e. The number of ether oxygens (including phenoxy) is 4. The summed E-state index contributed by atoms with van der Waals surface area (Å²) in [6.07, 6.45) is 0. The normalized spacial score (nSPS) is 14.9. The first-order valence-corrected chi connectivity index (χ1v) is 58.2. The fourth-order valence-corrected chi connectivity index (χ4v) is 45.7. The van der Waals surface area contributed by atoms with Crippen LogP contribution in [-0.2, 0) is 23.4 Å². The topological polar surface area (TPSA) is 219 Å². The van der Waals surface area contributed by atoms with Crippen LogP contribution in [0.25, 0.3) is 0 Å². The van der Waals surface area contributed by atoms with Gasteiger partial charge >= 0.3 is 48.7 Å². The smallest absolute Gasteiger partial charge is 1.00 e. The van der Waals surface area contributed by atoms with Crippen molar-refractivity contribution in [3.63, 3.8) is 0 Å². The Morgan fingerprint density at radius 2 is 0.640 bits per heavy atom. The fraction of sp³-hybridized carbons (Fsp3) is 1.00. The Kier molecular flexibility index (Phi) is 46.6. The molecule has 612 valence electrons. The molecule has 0 unspecified atom stereocenters. The van der Waals surface area contributed by atoms with Crippen LogP contribution in [0.15, 0.2) is 36.1 Å². The molecule has 0 aliphatic heterocycles. The molecule has 0 atom stereocenters. The third-order valence-corrected chi connectivity index (χ3v) is 57.9. The minimum Gasteiger partial charge on any atom is -1.00 e. The molecule has 0 aromatic heterocycles. The first kappa shape index (κ1) is 109. The minimum absolute atomic E-state index is 0. The van der Waals surface area contributed by atoms with Crippen LogP contribution >= 0.6 is 82.1 Å². The van der Waals surface area contributed by atoms with Crippen LogP contribution in [0.4, 0.5) is 25.2 Å². The molecule has 28 nitrogen and oxygen atoms in total. The van der Waals surface area contributed by atoms with Crippen molar-refractivity contribution in [2.45, 2.75) is 38.9 Å². The molecule has 0 fully saturated rings. The zero-order valence-corrected chi connectivity index (χ0v) is 81.0. The van der Waals surface area contributed by atoms with Crippen molar-refractivity contribution in [3.8, 4) is 0 Å². The molecule has 0 saturated heterocycles. The first-order chi connectivity index (χ1) is 43.9. The van der Waals surface area contributed by atoms with Gasteiger partial charge in [0.15, 0.2) is 8.32 Å². The van der Waals surface area contributed by atoms with E-state index in [2.05, 4.69) is 343 Å². The van der Waals surface area contributed by atoms with Gasteiger partial charge in [0.05, 0.1) is 66.1 Å². The van der Waals surface area contributed by atoms with Crippen LogP contribution in [0.2, 0.25) is 18.1 Å². The molecular weight excluding hydrogens is 1560 g/mol. The zero-order chi connectivity index (χ0) is 79.3. The monoisotopic (exact) mass is 1700 g/mol. The van der Waals surface area contributed by atoms with Crippen molar-refractivity contribution >= 4 is 90.4 Å². The van der Waals surface area contributed by atoms with Crippen LogP contribution < -0.4 is 17.5 Å². The summed E-state index contributed by atoms with van der Waals surface area (Å²) in [5.41, 5.74) is 0. The van der Waals surface area contributed by atoms with E-state index >= 15 is 0 Å². The van der Waals surface area contributed by atoms with Crippen molar-refractivity contribution < 1.29 is 66.1 Å². The number of rotatable bonds is 40. The molecule has 0 heterocycles. The number of nitrogens with zero attached hydrogens (tertiary/aromatic N) is 21. The van der Waals surface area contributed by atoms with E-state index in [0.29, 0.717) is 72.6 Å². The van der Waals surface area contributed by atoms with Crippen molar-refractivity contribution in [2.75, 3.05) is 322 Å². The van der Waals surface area contributed by atoms with E-state index < -0.39 is 90.4 Å². The van der Waals surface area contributed by atoms with Crippen LogP contribution in [-0.4, -0.2) is 396 Å². The molecule has 0 radical (unpaired) electrons. The van der Waals surface area contributed by atoms with Gasteiger partial charge in [-0.25, -0.2) is 23.4 Å². The fourth-order valence-electron chi connectivity index (χ4n) is 8.15. The van der Waals surface area contributed by atoms with E-state index in [1.54, 1.807) is 0 Å². The average Bonchev–Trinajstić information content (AvgIpc) is 0.748. The SMILES string of the molecule is CN(C)P(C)(=N[P+](N=P(C)(C)C)(N=P(C)(N(C)C)N(C)C)N=P(N(C)C)(N(C)C)N(C)CCOCCOCCO)N(C)C.CN(C)P(C)(=N[P+](N=P(C)(C)C)(N=P(C)(N(C)C)N(C)C)N=P(NCCOCCOCCO[Si](C)(C)C(C)(C)C)(N(C)C)N(C)C)N(C)C.F[P-](F)(F)(F)(F)F.[Cl-]. The minimum atomic E-state index is -10.7. The second-order valence-corrected chi connectivity index (χ2v) is 71.6. The molecule has 0 aromatic carbocycles. The quantitative estimate of drug-likeness (QED) is 0.0252. The van der Waals surface area contributed by atoms with Gasteiger partial charge in [-0.3, -0.25) is 42.5 Å². The molecule has 0 spiro atoms. The molecule has 2 N–H and O–H groups in total. The summed E-state index contributed by atoms with van der Waals surface area (Å²) in [5.74, 6) is 0. The van der Waals surface area contributed by atoms with Crippen molar-refractivity contribution in [3.05, 3.63) is 0 Å². The Bertz CT molecular complexity index is 2770. The standard InChI is InChI=1S/C29H79N11O3P5Si.C24H67N11O3P5.ClH.F6P/c1-29(2,3)49(21,22)43-28-27-42-26-25-41-24-23-30-48(39(12)13,40(14)15)34-47(31-44(16,17)18,32-45(19,35(4)5)36(6)7)33-46(20,37(8)9)38(10)11;1-29(2)40(17,30(3)4)26-42(25-39(14,15)16,27-41(18,31(5)6)32(7)8)28-43(33(9)10,34(11)12)35(13)19-21-37-23-24-38-22-20-36;;1-7(2,3,4,5)6/h30H,23-28H2,1-22H3;36H,19-24H2,1-18H3;1H;/q2*+1;;-1/p-1. The van der Waals surface area contributed by atoms with Gasteiger partial charge < -0.3 is 40.9 Å². The second-order valence-electron chi connectivity index (χ2n) is 29.4. The number of nitrogens with one attached hydrogen (secondary N) is 1. The number of hydrogen-bond acceptors (Lipinski definition) is 14. The van der Waals surface area contributed by atoms with Crippen LogP contribution in [0.1, 0.15) is 20.8 Å². The van der Waals surface area contributed by atoms with E-state index in [0.717, 1.165) is 0 Å². The first-order valence-electron chi connectivity index (χ1n) is 32.2. The number of aliphatic hydroxyl groups excluding tert-OH is 1. The molecule has 47 heteroatoms. The maximum absolute atomic E-state index is 10.7. The molecule has 0 aromatic rings. The van der Waals surface area contributed by atoms with E-state index in [1.165, 1.54) is 0 Å². The van der Waals surface area contributed by atoms with Gasteiger partial charge in [0.25, 0.3) is 0 Å². The van der Waals surface area contributed by atoms with E-state index in [-0.39, 0.29) is 24.1 Å². The predicted octanol–water partition coefficient (Wildman–Crippen LogP) is 13.8. The van der Waals surface area contributed by atoms with Gasteiger partial charge in [0.1, 0.15) is 29.4 Å². The van der Waals surface area contributed by atoms with Gasteiger partial charge in [-0.2, -0.15) is 0 Å². The Morgan fingerprint density at radius 3 is 0.890 bits per heavy atom. The summed E-state index contributed by atoms with van der Waals surface area (Å²) in [6, 6.07) is 0.